The molecule has 0 N–H and O–H groups in total. The Hall–Kier alpha value is -0.780. The van der Waals surface area contributed by atoms with Crippen molar-refractivity contribution in [3.63, 3.8) is 0 Å². The maximum atomic E-state index is 3.83. The Morgan fingerprint density at radius 2 is 2.00 bits per heavy atom. The molecule has 12 heavy (non-hydrogen) atoms. The molecule has 0 aromatic carbocycles. The lowest BCUT2D eigenvalue weighted by atomic mass is 9.98. The highest BCUT2D eigenvalue weighted by molar-refractivity contribution is 5.30. The average molecular weight is 164 g/mol. The Labute approximate surface area is 76.7 Å². The van der Waals surface area contributed by atoms with E-state index in [1.807, 2.05) is 13.0 Å². The van der Waals surface area contributed by atoms with Crippen LogP contribution >= 0.6 is 0 Å². The van der Waals surface area contributed by atoms with Crippen LogP contribution in [0.2, 0.25) is 0 Å². The predicted molar refractivity (Wildman–Crippen MR) is 57.2 cm³/mol. The molecule has 0 bridgehead atoms. The SMILES string of the molecule is C=C/C(CC(C)C)=C(C)\C=C/C. The van der Waals surface area contributed by atoms with Crippen LogP contribution in [0.3, 0.4) is 0 Å². The standard InChI is InChI=1S/C12H20/c1-6-8-11(5)12(7-2)9-10(3)4/h6-8,10H,2,9H2,1,3-5H3/b8-6-,12-11+. The van der Waals surface area contributed by atoms with Crippen molar-refractivity contribution < 1.29 is 0 Å². The summed E-state index contributed by atoms with van der Waals surface area (Å²) >= 11 is 0. The fraction of sp³-hybridized carbons (Fsp3) is 0.500. The molecule has 0 heteroatoms. The van der Waals surface area contributed by atoms with Crippen molar-refractivity contribution in [2.45, 2.75) is 34.1 Å². The monoisotopic (exact) mass is 164 g/mol. The molecule has 0 rings (SSSR count). The second-order valence-electron chi connectivity index (χ2n) is 3.51. The first-order valence-corrected chi connectivity index (χ1v) is 4.56. The van der Waals surface area contributed by atoms with Crippen molar-refractivity contribution in [1.29, 1.82) is 0 Å². The Bertz CT molecular complexity index is 192. The van der Waals surface area contributed by atoms with E-state index in [4.69, 9.17) is 0 Å². The maximum Gasteiger partial charge on any atom is -0.0253 e. The molecule has 0 aliphatic rings. The fourth-order valence-electron chi connectivity index (χ4n) is 1.20. The van der Waals surface area contributed by atoms with Crippen molar-refractivity contribution >= 4 is 0 Å². The zero-order valence-corrected chi connectivity index (χ0v) is 8.72. The molecular formula is C12H20. The minimum absolute atomic E-state index is 0.707. The van der Waals surface area contributed by atoms with Crippen LogP contribution in [0.4, 0.5) is 0 Å². The van der Waals surface area contributed by atoms with E-state index in [2.05, 4.69) is 39.5 Å². The molecule has 0 saturated heterocycles. The van der Waals surface area contributed by atoms with E-state index in [0.29, 0.717) is 5.92 Å². The normalized spacial score (nSPS) is 13.8. The van der Waals surface area contributed by atoms with Gasteiger partial charge in [-0.1, -0.05) is 38.7 Å². The lowest BCUT2D eigenvalue weighted by Crippen LogP contribution is -1.91. The van der Waals surface area contributed by atoms with Gasteiger partial charge in [0.15, 0.2) is 0 Å². The van der Waals surface area contributed by atoms with Gasteiger partial charge < -0.3 is 0 Å². The molecule has 0 fully saturated rings. The van der Waals surface area contributed by atoms with Gasteiger partial charge in [-0.2, -0.15) is 0 Å². The molecule has 0 radical (unpaired) electrons. The van der Waals surface area contributed by atoms with Crippen molar-refractivity contribution in [3.8, 4) is 0 Å². The Morgan fingerprint density at radius 3 is 2.33 bits per heavy atom. The molecule has 0 amide bonds. The first-order valence-electron chi connectivity index (χ1n) is 4.56. The third kappa shape index (κ3) is 4.17. The molecule has 68 valence electrons. The van der Waals surface area contributed by atoms with Crippen molar-refractivity contribution in [1.82, 2.24) is 0 Å². The quantitative estimate of drug-likeness (QED) is 0.548. The van der Waals surface area contributed by atoms with Gasteiger partial charge in [-0.15, -0.1) is 0 Å². The number of hydrogen-bond donors (Lipinski definition) is 0. The van der Waals surface area contributed by atoms with E-state index in [9.17, 15) is 0 Å². The van der Waals surface area contributed by atoms with E-state index >= 15 is 0 Å². The Morgan fingerprint density at radius 1 is 1.42 bits per heavy atom. The van der Waals surface area contributed by atoms with Crippen molar-refractivity contribution in [2.75, 3.05) is 0 Å². The van der Waals surface area contributed by atoms with E-state index in [-0.39, 0.29) is 0 Å². The molecule has 0 spiro atoms. The van der Waals surface area contributed by atoms with E-state index in [0.717, 1.165) is 6.42 Å². The van der Waals surface area contributed by atoms with Crippen LogP contribution in [0.5, 0.6) is 0 Å². The van der Waals surface area contributed by atoms with E-state index < -0.39 is 0 Å². The number of hydrogen-bond acceptors (Lipinski definition) is 0. The highest BCUT2D eigenvalue weighted by Crippen LogP contribution is 2.16. The van der Waals surface area contributed by atoms with Crippen molar-refractivity contribution in [3.05, 3.63) is 36.0 Å². The van der Waals surface area contributed by atoms with Crippen LogP contribution in [0.1, 0.15) is 34.1 Å². The highest BCUT2D eigenvalue weighted by Gasteiger charge is 1.99. The number of allylic oxidation sites excluding steroid dienone is 5. The zero-order valence-electron chi connectivity index (χ0n) is 8.72. The van der Waals surface area contributed by atoms with Gasteiger partial charge in [0, 0.05) is 0 Å². The molecule has 0 aliphatic carbocycles. The molecule has 0 nitrogen and oxygen atoms in total. The van der Waals surface area contributed by atoms with E-state index in [1.54, 1.807) is 0 Å². The summed E-state index contributed by atoms with van der Waals surface area (Å²) in [6.07, 6.45) is 7.30. The predicted octanol–water partition coefficient (Wildman–Crippen LogP) is 4.11. The first-order chi connectivity index (χ1) is 5.61. The van der Waals surface area contributed by atoms with Gasteiger partial charge in [0.2, 0.25) is 0 Å². The van der Waals surface area contributed by atoms with Gasteiger partial charge in [-0.05, 0) is 37.3 Å². The largest absolute Gasteiger partial charge is 0.0988 e. The molecule has 0 saturated carbocycles. The summed E-state index contributed by atoms with van der Waals surface area (Å²) in [5.41, 5.74) is 2.70. The van der Waals surface area contributed by atoms with Gasteiger partial charge in [0.25, 0.3) is 0 Å². The highest BCUT2D eigenvalue weighted by atomic mass is 14.0. The number of rotatable bonds is 4. The van der Waals surface area contributed by atoms with Crippen LogP contribution in [0, 0.1) is 5.92 Å². The van der Waals surface area contributed by atoms with Crippen LogP contribution in [-0.2, 0) is 0 Å². The van der Waals surface area contributed by atoms with Gasteiger partial charge in [0.05, 0.1) is 0 Å². The minimum Gasteiger partial charge on any atom is -0.0988 e. The smallest absolute Gasteiger partial charge is 0.0253 e. The third-order valence-corrected chi connectivity index (χ3v) is 1.80. The molecule has 0 unspecified atom stereocenters. The van der Waals surface area contributed by atoms with Crippen LogP contribution in [0.15, 0.2) is 36.0 Å². The average Bonchev–Trinajstić information content (AvgIpc) is 2.00. The lowest BCUT2D eigenvalue weighted by Gasteiger charge is -2.07. The van der Waals surface area contributed by atoms with Crippen molar-refractivity contribution in [2.24, 2.45) is 5.92 Å². The molecule has 0 heterocycles. The summed E-state index contributed by atoms with van der Waals surface area (Å²) in [6.45, 7) is 12.5. The molecule has 0 aliphatic heterocycles. The molecular weight excluding hydrogens is 144 g/mol. The summed E-state index contributed by atoms with van der Waals surface area (Å²) in [5.74, 6) is 0.707. The third-order valence-electron chi connectivity index (χ3n) is 1.80. The lowest BCUT2D eigenvalue weighted by molar-refractivity contribution is 0.647. The molecule has 0 aromatic heterocycles. The Balaban J connectivity index is 4.49. The van der Waals surface area contributed by atoms with E-state index in [1.165, 1.54) is 11.1 Å². The summed E-state index contributed by atoms with van der Waals surface area (Å²) in [6, 6.07) is 0. The van der Waals surface area contributed by atoms with Gasteiger partial charge in [-0.25, -0.2) is 0 Å². The summed E-state index contributed by atoms with van der Waals surface area (Å²) in [5, 5.41) is 0. The summed E-state index contributed by atoms with van der Waals surface area (Å²) in [7, 11) is 0. The summed E-state index contributed by atoms with van der Waals surface area (Å²) < 4.78 is 0. The van der Waals surface area contributed by atoms with Crippen LogP contribution < -0.4 is 0 Å². The molecule has 0 atom stereocenters. The van der Waals surface area contributed by atoms with Crippen LogP contribution in [-0.4, -0.2) is 0 Å². The topological polar surface area (TPSA) is 0 Å². The fourth-order valence-corrected chi connectivity index (χ4v) is 1.20. The summed E-state index contributed by atoms with van der Waals surface area (Å²) in [4.78, 5) is 0. The first kappa shape index (κ1) is 11.2. The second kappa shape index (κ2) is 5.82. The molecule has 0 aromatic rings. The van der Waals surface area contributed by atoms with Gasteiger partial charge in [0.1, 0.15) is 0 Å². The van der Waals surface area contributed by atoms with Gasteiger partial charge >= 0.3 is 0 Å². The maximum absolute atomic E-state index is 3.83. The van der Waals surface area contributed by atoms with Crippen LogP contribution in [0.25, 0.3) is 0 Å². The second-order valence-corrected chi connectivity index (χ2v) is 3.51. The zero-order chi connectivity index (χ0) is 9.56. The Kier molecular flexibility index (Phi) is 5.44. The van der Waals surface area contributed by atoms with Gasteiger partial charge in [-0.3, -0.25) is 0 Å². The minimum atomic E-state index is 0.707.